The lowest BCUT2D eigenvalue weighted by Gasteiger charge is -2.11. The molecule has 0 radical (unpaired) electrons. The van der Waals surface area contributed by atoms with Crippen molar-refractivity contribution in [3.8, 4) is 11.6 Å². The summed E-state index contributed by atoms with van der Waals surface area (Å²) in [5, 5.41) is 3.51. The normalized spacial score (nSPS) is 14.6. The van der Waals surface area contributed by atoms with Crippen LogP contribution in [0.5, 0.6) is 0 Å². The SMILES string of the molecule is Cc1cnc(-c2nc(C)c(CNC3CC3)c(C)n2)nc1. The van der Waals surface area contributed by atoms with E-state index in [2.05, 4.69) is 25.3 Å². The molecule has 2 aromatic heterocycles. The van der Waals surface area contributed by atoms with Gasteiger partial charge in [0.25, 0.3) is 0 Å². The minimum atomic E-state index is 0.587. The van der Waals surface area contributed by atoms with Gasteiger partial charge < -0.3 is 5.32 Å². The molecule has 2 heterocycles. The van der Waals surface area contributed by atoms with Crippen LogP contribution < -0.4 is 5.32 Å². The molecule has 0 amide bonds. The van der Waals surface area contributed by atoms with Crippen molar-refractivity contribution in [3.63, 3.8) is 0 Å². The Morgan fingerprint density at radius 2 is 1.60 bits per heavy atom. The van der Waals surface area contributed by atoms with Crippen LogP contribution in [-0.4, -0.2) is 26.0 Å². The Bertz CT molecular complexity index is 594. The van der Waals surface area contributed by atoms with Crippen molar-refractivity contribution in [2.24, 2.45) is 0 Å². The van der Waals surface area contributed by atoms with Gasteiger partial charge >= 0.3 is 0 Å². The van der Waals surface area contributed by atoms with Crippen molar-refractivity contribution < 1.29 is 0 Å². The van der Waals surface area contributed by atoms with E-state index in [1.807, 2.05) is 20.8 Å². The highest BCUT2D eigenvalue weighted by molar-refractivity contribution is 5.45. The molecular formula is C15H19N5. The van der Waals surface area contributed by atoms with Crippen LogP contribution in [0.25, 0.3) is 11.6 Å². The first kappa shape index (κ1) is 13.1. The maximum Gasteiger partial charge on any atom is 0.198 e. The third-order valence-electron chi connectivity index (χ3n) is 3.55. The second kappa shape index (κ2) is 5.25. The summed E-state index contributed by atoms with van der Waals surface area (Å²) in [6.07, 6.45) is 6.15. The summed E-state index contributed by atoms with van der Waals surface area (Å²) in [4.78, 5) is 17.7. The van der Waals surface area contributed by atoms with Crippen LogP contribution in [0, 0.1) is 20.8 Å². The van der Waals surface area contributed by atoms with E-state index in [0.717, 1.165) is 23.5 Å². The van der Waals surface area contributed by atoms with Gasteiger partial charge in [0.05, 0.1) is 0 Å². The zero-order chi connectivity index (χ0) is 14.1. The second-order valence-electron chi connectivity index (χ2n) is 5.44. The van der Waals surface area contributed by atoms with Crippen LogP contribution in [0.15, 0.2) is 12.4 Å². The van der Waals surface area contributed by atoms with Gasteiger partial charge in [0.2, 0.25) is 0 Å². The Morgan fingerprint density at radius 1 is 1.00 bits per heavy atom. The number of rotatable bonds is 4. The topological polar surface area (TPSA) is 63.6 Å². The van der Waals surface area contributed by atoms with Gasteiger partial charge in [0.1, 0.15) is 0 Å². The Kier molecular flexibility index (Phi) is 3.44. The molecular weight excluding hydrogens is 250 g/mol. The highest BCUT2D eigenvalue weighted by atomic mass is 15.0. The van der Waals surface area contributed by atoms with Crippen LogP contribution >= 0.6 is 0 Å². The van der Waals surface area contributed by atoms with E-state index in [4.69, 9.17) is 0 Å². The number of aromatic nitrogens is 4. The van der Waals surface area contributed by atoms with Crippen molar-refractivity contribution >= 4 is 0 Å². The first-order chi connectivity index (χ1) is 9.63. The Hall–Kier alpha value is -1.88. The average Bonchev–Trinajstić information content (AvgIpc) is 3.22. The van der Waals surface area contributed by atoms with Crippen LogP contribution in [0.3, 0.4) is 0 Å². The first-order valence-corrected chi connectivity index (χ1v) is 7.00. The fraction of sp³-hybridized carbons (Fsp3) is 0.467. The van der Waals surface area contributed by atoms with E-state index in [9.17, 15) is 0 Å². The Morgan fingerprint density at radius 3 is 2.15 bits per heavy atom. The zero-order valence-electron chi connectivity index (χ0n) is 12.1. The standard InChI is InChI=1S/C15H19N5/c1-9-6-17-14(18-7-9)15-19-10(2)13(11(3)20-15)8-16-12-4-5-12/h6-7,12,16H,4-5,8H2,1-3H3. The van der Waals surface area contributed by atoms with Crippen molar-refractivity contribution in [2.75, 3.05) is 0 Å². The number of hydrogen-bond acceptors (Lipinski definition) is 5. The van der Waals surface area contributed by atoms with E-state index in [0.29, 0.717) is 17.7 Å². The van der Waals surface area contributed by atoms with Crippen molar-refractivity contribution in [2.45, 2.75) is 46.2 Å². The molecule has 0 aliphatic heterocycles. The Labute approximate surface area is 118 Å². The van der Waals surface area contributed by atoms with E-state index in [-0.39, 0.29) is 0 Å². The molecule has 0 aromatic carbocycles. The molecule has 1 fully saturated rings. The molecule has 1 saturated carbocycles. The minimum Gasteiger partial charge on any atom is -0.310 e. The summed E-state index contributed by atoms with van der Waals surface area (Å²) >= 11 is 0. The predicted octanol–water partition coefficient (Wildman–Crippen LogP) is 2.11. The molecule has 1 N–H and O–H groups in total. The predicted molar refractivity (Wildman–Crippen MR) is 77.1 cm³/mol. The monoisotopic (exact) mass is 269 g/mol. The van der Waals surface area contributed by atoms with Gasteiger partial charge in [-0.15, -0.1) is 0 Å². The van der Waals surface area contributed by atoms with Gasteiger partial charge in [0.15, 0.2) is 11.6 Å². The van der Waals surface area contributed by atoms with E-state index >= 15 is 0 Å². The third-order valence-corrected chi connectivity index (χ3v) is 3.55. The molecule has 5 nitrogen and oxygen atoms in total. The second-order valence-corrected chi connectivity index (χ2v) is 5.44. The van der Waals surface area contributed by atoms with Gasteiger partial charge in [-0.1, -0.05) is 0 Å². The van der Waals surface area contributed by atoms with E-state index in [1.54, 1.807) is 12.4 Å². The fourth-order valence-electron chi connectivity index (χ4n) is 2.14. The van der Waals surface area contributed by atoms with Crippen LogP contribution in [0.2, 0.25) is 0 Å². The molecule has 20 heavy (non-hydrogen) atoms. The van der Waals surface area contributed by atoms with Gasteiger partial charge in [0, 0.05) is 41.9 Å². The number of nitrogens with one attached hydrogen (secondary N) is 1. The zero-order valence-corrected chi connectivity index (χ0v) is 12.1. The maximum atomic E-state index is 4.56. The quantitative estimate of drug-likeness (QED) is 0.921. The molecule has 1 aliphatic rings. The molecule has 0 unspecified atom stereocenters. The molecule has 0 saturated heterocycles. The highest BCUT2D eigenvalue weighted by Crippen LogP contribution is 2.21. The van der Waals surface area contributed by atoms with Crippen LogP contribution in [0.1, 0.15) is 35.4 Å². The lowest BCUT2D eigenvalue weighted by molar-refractivity contribution is 0.675. The molecule has 3 rings (SSSR count). The van der Waals surface area contributed by atoms with Crippen LogP contribution in [0.4, 0.5) is 0 Å². The summed E-state index contributed by atoms with van der Waals surface area (Å²) in [6.45, 7) is 6.86. The first-order valence-electron chi connectivity index (χ1n) is 7.00. The summed E-state index contributed by atoms with van der Waals surface area (Å²) in [5.41, 5.74) is 4.23. The number of nitrogens with zero attached hydrogens (tertiary/aromatic N) is 4. The number of hydrogen-bond donors (Lipinski definition) is 1. The number of aryl methyl sites for hydroxylation is 3. The summed E-state index contributed by atoms with van der Waals surface area (Å²) in [5.74, 6) is 1.19. The average molecular weight is 269 g/mol. The largest absolute Gasteiger partial charge is 0.310 e. The maximum absolute atomic E-state index is 4.56. The summed E-state index contributed by atoms with van der Waals surface area (Å²) in [7, 11) is 0. The van der Waals surface area contributed by atoms with Crippen molar-refractivity contribution in [3.05, 3.63) is 34.9 Å². The van der Waals surface area contributed by atoms with Crippen molar-refractivity contribution in [1.82, 2.24) is 25.3 Å². The summed E-state index contributed by atoms with van der Waals surface area (Å²) < 4.78 is 0. The van der Waals surface area contributed by atoms with Gasteiger partial charge in [-0.3, -0.25) is 0 Å². The fourth-order valence-corrected chi connectivity index (χ4v) is 2.14. The molecule has 1 aliphatic carbocycles. The van der Waals surface area contributed by atoms with Crippen molar-refractivity contribution in [1.29, 1.82) is 0 Å². The van der Waals surface area contributed by atoms with E-state index in [1.165, 1.54) is 18.4 Å². The highest BCUT2D eigenvalue weighted by Gasteiger charge is 2.21. The third kappa shape index (κ3) is 2.82. The lowest BCUT2D eigenvalue weighted by Crippen LogP contribution is -2.18. The molecule has 2 aromatic rings. The Balaban J connectivity index is 1.87. The minimum absolute atomic E-state index is 0.587. The van der Waals surface area contributed by atoms with Gasteiger partial charge in [-0.25, -0.2) is 19.9 Å². The van der Waals surface area contributed by atoms with E-state index < -0.39 is 0 Å². The van der Waals surface area contributed by atoms with Crippen LogP contribution in [-0.2, 0) is 6.54 Å². The molecule has 0 bridgehead atoms. The summed E-state index contributed by atoms with van der Waals surface area (Å²) in [6, 6.07) is 0.689. The molecule has 104 valence electrons. The molecule has 0 atom stereocenters. The van der Waals surface area contributed by atoms with Gasteiger partial charge in [-0.05, 0) is 39.2 Å². The smallest absolute Gasteiger partial charge is 0.198 e. The molecule has 0 spiro atoms. The molecule has 5 heteroatoms. The van der Waals surface area contributed by atoms with Gasteiger partial charge in [-0.2, -0.15) is 0 Å². The lowest BCUT2D eigenvalue weighted by atomic mass is 10.1.